The van der Waals surface area contributed by atoms with Crippen molar-refractivity contribution < 1.29 is 0 Å². The highest BCUT2D eigenvalue weighted by Gasteiger charge is 2.04. The Morgan fingerprint density at radius 2 is 2.12 bits per heavy atom. The first-order chi connectivity index (χ1) is 7.65. The molecule has 1 aromatic heterocycles. The minimum Gasteiger partial charge on any atom is -0.399 e. The van der Waals surface area contributed by atoms with Crippen molar-refractivity contribution in [2.75, 3.05) is 17.7 Å². The third-order valence-electron chi connectivity index (χ3n) is 2.31. The van der Waals surface area contributed by atoms with Gasteiger partial charge in [-0.1, -0.05) is 12.1 Å². The Labute approximate surface area is 108 Å². The average Bonchev–Trinajstić information content (AvgIpc) is 2.65. The van der Waals surface area contributed by atoms with E-state index in [9.17, 15) is 0 Å². The molecular weight excluding hydrogens is 284 g/mol. The number of nitrogen functional groups attached to an aromatic ring is 1. The van der Waals surface area contributed by atoms with E-state index < -0.39 is 0 Å². The topological polar surface area (TPSA) is 29.3 Å². The van der Waals surface area contributed by atoms with Crippen molar-refractivity contribution in [2.24, 2.45) is 0 Å². The lowest BCUT2D eigenvalue weighted by atomic mass is 10.2. The van der Waals surface area contributed by atoms with E-state index in [0.717, 1.165) is 16.0 Å². The van der Waals surface area contributed by atoms with Crippen molar-refractivity contribution in [1.82, 2.24) is 0 Å². The second-order valence-electron chi connectivity index (χ2n) is 3.68. The Kier molecular flexibility index (Phi) is 3.51. The van der Waals surface area contributed by atoms with Crippen LogP contribution in [0.1, 0.15) is 5.56 Å². The zero-order valence-electron chi connectivity index (χ0n) is 8.98. The summed E-state index contributed by atoms with van der Waals surface area (Å²) in [5.41, 5.74) is 7.80. The zero-order valence-corrected chi connectivity index (χ0v) is 11.4. The third-order valence-corrected chi connectivity index (χ3v) is 4.04. The van der Waals surface area contributed by atoms with Gasteiger partial charge in [-0.2, -0.15) is 0 Å². The quantitative estimate of drug-likeness (QED) is 0.875. The number of nitrogens with zero attached hydrogens (tertiary/aromatic N) is 1. The molecule has 0 atom stereocenters. The predicted octanol–water partition coefficient (Wildman–Crippen LogP) is 3.73. The predicted molar refractivity (Wildman–Crippen MR) is 75.0 cm³/mol. The minimum absolute atomic E-state index is 0.818. The number of hydrogen-bond donors (Lipinski definition) is 1. The van der Waals surface area contributed by atoms with Crippen molar-refractivity contribution in [3.05, 3.63) is 45.7 Å². The van der Waals surface area contributed by atoms with E-state index in [-0.39, 0.29) is 0 Å². The summed E-state index contributed by atoms with van der Waals surface area (Å²) in [5.74, 6) is 0. The highest BCUT2D eigenvalue weighted by molar-refractivity contribution is 9.11. The van der Waals surface area contributed by atoms with Crippen LogP contribution in [-0.2, 0) is 6.54 Å². The van der Waals surface area contributed by atoms with Crippen molar-refractivity contribution in [1.29, 1.82) is 0 Å². The number of hydrogen-bond acceptors (Lipinski definition) is 3. The first-order valence-electron chi connectivity index (χ1n) is 4.96. The normalized spacial score (nSPS) is 10.4. The Morgan fingerprint density at radius 1 is 1.31 bits per heavy atom. The molecule has 0 spiro atoms. The minimum atomic E-state index is 0.818. The summed E-state index contributed by atoms with van der Waals surface area (Å²) in [6.45, 7) is 0.873. The molecule has 0 saturated carbocycles. The molecule has 0 radical (unpaired) electrons. The van der Waals surface area contributed by atoms with Gasteiger partial charge in [0.2, 0.25) is 0 Å². The lowest BCUT2D eigenvalue weighted by molar-refractivity contribution is 0.935. The molecule has 0 saturated heterocycles. The van der Waals surface area contributed by atoms with Gasteiger partial charge in [0, 0.05) is 19.3 Å². The smallest absolute Gasteiger partial charge is 0.0920 e. The molecule has 16 heavy (non-hydrogen) atoms. The number of nitrogens with two attached hydrogens (primary N) is 1. The van der Waals surface area contributed by atoms with Crippen molar-refractivity contribution in [3.63, 3.8) is 0 Å². The number of anilines is 2. The van der Waals surface area contributed by atoms with Gasteiger partial charge >= 0.3 is 0 Å². The third kappa shape index (κ3) is 2.77. The highest BCUT2D eigenvalue weighted by Crippen LogP contribution is 2.29. The zero-order chi connectivity index (χ0) is 11.5. The van der Waals surface area contributed by atoms with Crippen LogP contribution < -0.4 is 10.6 Å². The molecule has 1 aromatic carbocycles. The van der Waals surface area contributed by atoms with Gasteiger partial charge in [0.1, 0.15) is 0 Å². The lowest BCUT2D eigenvalue weighted by Crippen LogP contribution is -2.14. The fourth-order valence-corrected chi connectivity index (χ4v) is 2.88. The standard InChI is InChI=1S/C12H13BrN2S/c1-15(12-6-5-11(13)16-12)8-9-3-2-4-10(14)7-9/h2-7H,8,14H2,1H3. The molecule has 2 N–H and O–H groups in total. The van der Waals surface area contributed by atoms with E-state index in [0.29, 0.717) is 0 Å². The summed E-state index contributed by atoms with van der Waals surface area (Å²) in [6.07, 6.45) is 0. The summed E-state index contributed by atoms with van der Waals surface area (Å²) in [5, 5.41) is 1.24. The second kappa shape index (κ2) is 4.89. The van der Waals surface area contributed by atoms with Crippen LogP contribution in [0.3, 0.4) is 0 Å². The molecule has 84 valence electrons. The summed E-state index contributed by atoms with van der Waals surface area (Å²) in [4.78, 5) is 2.21. The van der Waals surface area contributed by atoms with Crippen LogP contribution in [0, 0.1) is 0 Å². The molecule has 4 heteroatoms. The van der Waals surface area contributed by atoms with E-state index >= 15 is 0 Å². The lowest BCUT2D eigenvalue weighted by Gasteiger charge is -2.17. The number of benzene rings is 1. The fourth-order valence-electron chi connectivity index (χ4n) is 1.55. The number of rotatable bonds is 3. The molecule has 0 fully saturated rings. The fraction of sp³-hybridized carbons (Fsp3) is 0.167. The monoisotopic (exact) mass is 296 g/mol. The van der Waals surface area contributed by atoms with Crippen LogP contribution in [-0.4, -0.2) is 7.05 Å². The Morgan fingerprint density at radius 3 is 2.75 bits per heavy atom. The van der Waals surface area contributed by atoms with Crippen LogP contribution in [0.5, 0.6) is 0 Å². The molecule has 0 aliphatic rings. The highest BCUT2D eigenvalue weighted by atomic mass is 79.9. The van der Waals surface area contributed by atoms with Crippen LogP contribution >= 0.6 is 27.3 Å². The second-order valence-corrected chi connectivity index (χ2v) is 6.12. The molecule has 0 aliphatic carbocycles. The van der Waals surface area contributed by atoms with Crippen LogP contribution in [0.2, 0.25) is 0 Å². The molecule has 1 heterocycles. The van der Waals surface area contributed by atoms with Gasteiger partial charge in [-0.15, -0.1) is 11.3 Å². The van der Waals surface area contributed by atoms with Crippen molar-refractivity contribution in [2.45, 2.75) is 6.54 Å². The van der Waals surface area contributed by atoms with Gasteiger partial charge in [0.15, 0.2) is 0 Å². The molecule has 0 aliphatic heterocycles. The molecular formula is C12H13BrN2S. The van der Waals surface area contributed by atoms with Crippen molar-refractivity contribution >= 4 is 38.0 Å². The van der Waals surface area contributed by atoms with E-state index in [1.807, 2.05) is 18.2 Å². The molecule has 2 rings (SSSR count). The van der Waals surface area contributed by atoms with Gasteiger partial charge in [-0.25, -0.2) is 0 Å². The summed E-state index contributed by atoms with van der Waals surface area (Å²) >= 11 is 5.20. The number of thiophene rings is 1. The maximum Gasteiger partial charge on any atom is 0.0920 e. The van der Waals surface area contributed by atoms with E-state index in [1.165, 1.54) is 10.6 Å². The Balaban J connectivity index is 2.10. The maximum absolute atomic E-state index is 5.75. The molecule has 0 amide bonds. The molecule has 0 unspecified atom stereocenters. The Hall–Kier alpha value is -1.000. The average molecular weight is 297 g/mol. The first-order valence-corrected chi connectivity index (χ1v) is 6.57. The van der Waals surface area contributed by atoms with Gasteiger partial charge in [0.25, 0.3) is 0 Å². The van der Waals surface area contributed by atoms with E-state index in [4.69, 9.17) is 5.73 Å². The first kappa shape index (κ1) is 11.5. The maximum atomic E-state index is 5.75. The van der Waals surface area contributed by atoms with Crippen LogP contribution in [0.15, 0.2) is 40.2 Å². The summed E-state index contributed by atoms with van der Waals surface area (Å²) in [7, 11) is 2.08. The van der Waals surface area contributed by atoms with Gasteiger partial charge in [0.05, 0.1) is 8.79 Å². The van der Waals surface area contributed by atoms with Gasteiger partial charge in [-0.05, 0) is 45.8 Å². The molecule has 2 aromatic rings. The largest absolute Gasteiger partial charge is 0.399 e. The van der Waals surface area contributed by atoms with E-state index in [2.05, 4.69) is 46.1 Å². The van der Waals surface area contributed by atoms with E-state index in [1.54, 1.807) is 11.3 Å². The van der Waals surface area contributed by atoms with Crippen LogP contribution in [0.4, 0.5) is 10.7 Å². The number of halogens is 1. The van der Waals surface area contributed by atoms with Crippen LogP contribution in [0.25, 0.3) is 0 Å². The molecule has 2 nitrogen and oxygen atoms in total. The van der Waals surface area contributed by atoms with Crippen molar-refractivity contribution in [3.8, 4) is 0 Å². The Bertz CT molecular complexity index is 481. The summed E-state index contributed by atoms with van der Waals surface area (Å²) < 4.78 is 1.15. The van der Waals surface area contributed by atoms with Gasteiger partial charge < -0.3 is 10.6 Å². The molecule has 0 bridgehead atoms. The SMILES string of the molecule is CN(Cc1cccc(N)c1)c1ccc(Br)s1. The summed E-state index contributed by atoms with van der Waals surface area (Å²) in [6, 6.07) is 12.2. The van der Waals surface area contributed by atoms with Gasteiger partial charge in [-0.3, -0.25) is 0 Å².